The Labute approximate surface area is 102 Å². The van der Waals surface area contributed by atoms with Crippen LogP contribution in [0.3, 0.4) is 0 Å². The number of nitrogen functional groups attached to an aromatic ring is 1. The van der Waals surface area contributed by atoms with E-state index in [4.69, 9.17) is 15.2 Å². The molecule has 1 heterocycles. The summed E-state index contributed by atoms with van der Waals surface area (Å²) in [5.41, 5.74) is 6.60. The highest BCUT2D eigenvalue weighted by atomic mass is 19.3. The molecule has 0 aliphatic carbocycles. The van der Waals surface area contributed by atoms with Crippen molar-refractivity contribution in [2.75, 3.05) is 20.0 Å². The molecule has 0 bridgehead atoms. The van der Waals surface area contributed by atoms with Crippen LogP contribution in [0.15, 0.2) is 12.1 Å². The number of methoxy groups -OCH3 is 2. The van der Waals surface area contributed by atoms with E-state index < -0.39 is 13.0 Å². The summed E-state index contributed by atoms with van der Waals surface area (Å²) in [5.74, 6) is 0.965. The van der Waals surface area contributed by atoms with Crippen molar-refractivity contribution in [1.82, 2.24) is 9.55 Å². The Kier molecular flexibility index (Phi) is 3.22. The van der Waals surface area contributed by atoms with Crippen molar-refractivity contribution in [2.24, 2.45) is 0 Å². The van der Waals surface area contributed by atoms with Gasteiger partial charge in [-0.25, -0.2) is 13.8 Å². The minimum absolute atomic E-state index is 0.0422. The van der Waals surface area contributed by atoms with Gasteiger partial charge in [0, 0.05) is 12.1 Å². The van der Waals surface area contributed by atoms with Gasteiger partial charge in [0.25, 0.3) is 6.43 Å². The molecule has 0 spiro atoms. The maximum absolute atomic E-state index is 12.5. The minimum Gasteiger partial charge on any atom is -0.493 e. The van der Waals surface area contributed by atoms with Crippen LogP contribution < -0.4 is 15.2 Å². The van der Waals surface area contributed by atoms with E-state index in [1.165, 1.54) is 18.8 Å². The summed E-state index contributed by atoms with van der Waals surface area (Å²) in [6, 6.07) is 3.19. The zero-order chi connectivity index (χ0) is 13.3. The van der Waals surface area contributed by atoms with Crippen LogP contribution in [-0.4, -0.2) is 30.2 Å². The molecule has 1 aromatic carbocycles. The van der Waals surface area contributed by atoms with Crippen LogP contribution in [0.25, 0.3) is 11.0 Å². The zero-order valence-corrected chi connectivity index (χ0v) is 9.98. The molecule has 2 N–H and O–H groups in total. The summed E-state index contributed by atoms with van der Waals surface area (Å²) < 4.78 is 36.4. The summed E-state index contributed by atoms with van der Waals surface area (Å²) in [5, 5.41) is 0. The molecule has 1 aromatic heterocycles. The van der Waals surface area contributed by atoms with Gasteiger partial charge >= 0.3 is 0 Å². The SMILES string of the molecule is COc1cc2nc(N)n(CC(F)F)c2cc1OC. The normalized spacial score (nSPS) is 11.2. The van der Waals surface area contributed by atoms with E-state index in [1.54, 1.807) is 12.1 Å². The molecule has 0 amide bonds. The topological polar surface area (TPSA) is 62.3 Å². The largest absolute Gasteiger partial charge is 0.493 e. The number of ether oxygens (including phenoxy) is 2. The number of rotatable bonds is 4. The lowest BCUT2D eigenvalue weighted by atomic mass is 10.2. The number of nitrogens with two attached hydrogens (primary N) is 1. The first-order valence-corrected chi connectivity index (χ1v) is 5.22. The molecule has 2 aromatic rings. The quantitative estimate of drug-likeness (QED) is 0.908. The number of fused-ring (bicyclic) bond motifs is 1. The highest BCUT2D eigenvalue weighted by Crippen LogP contribution is 2.33. The van der Waals surface area contributed by atoms with E-state index in [0.717, 1.165) is 0 Å². The van der Waals surface area contributed by atoms with Crippen LogP contribution in [-0.2, 0) is 6.54 Å². The van der Waals surface area contributed by atoms with Gasteiger partial charge in [-0.15, -0.1) is 0 Å². The lowest BCUT2D eigenvalue weighted by Gasteiger charge is -2.09. The van der Waals surface area contributed by atoms with Crippen LogP contribution in [0.1, 0.15) is 0 Å². The van der Waals surface area contributed by atoms with Gasteiger partial charge in [-0.3, -0.25) is 0 Å². The molecule has 0 saturated carbocycles. The van der Waals surface area contributed by atoms with E-state index >= 15 is 0 Å². The van der Waals surface area contributed by atoms with E-state index in [-0.39, 0.29) is 5.95 Å². The second kappa shape index (κ2) is 4.67. The third kappa shape index (κ3) is 2.03. The first-order valence-electron chi connectivity index (χ1n) is 5.22. The second-order valence-electron chi connectivity index (χ2n) is 3.67. The van der Waals surface area contributed by atoms with Crippen molar-refractivity contribution in [1.29, 1.82) is 0 Å². The molecule has 5 nitrogen and oxygen atoms in total. The molecular formula is C11H13F2N3O2. The lowest BCUT2D eigenvalue weighted by Crippen LogP contribution is -2.09. The molecular weight excluding hydrogens is 244 g/mol. The molecule has 0 fully saturated rings. The van der Waals surface area contributed by atoms with Crippen LogP contribution in [0.2, 0.25) is 0 Å². The maximum Gasteiger partial charge on any atom is 0.256 e. The monoisotopic (exact) mass is 257 g/mol. The van der Waals surface area contributed by atoms with Crippen molar-refractivity contribution >= 4 is 17.0 Å². The molecule has 18 heavy (non-hydrogen) atoms. The molecule has 0 atom stereocenters. The number of hydrogen-bond acceptors (Lipinski definition) is 4. The summed E-state index contributed by atoms with van der Waals surface area (Å²) >= 11 is 0. The number of alkyl halides is 2. The molecule has 0 saturated heterocycles. The Morgan fingerprint density at radius 3 is 2.44 bits per heavy atom. The van der Waals surface area contributed by atoms with Crippen molar-refractivity contribution in [3.63, 3.8) is 0 Å². The third-order valence-corrected chi connectivity index (χ3v) is 2.60. The lowest BCUT2D eigenvalue weighted by molar-refractivity contribution is 0.128. The maximum atomic E-state index is 12.5. The van der Waals surface area contributed by atoms with E-state index in [1.807, 2.05) is 0 Å². The van der Waals surface area contributed by atoms with Gasteiger partial charge in [0.2, 0.25) is 5.95 Å². The average molecular weight is 257 g/mol. The fourth-order valence-corrected chi connectivity index (χ4v) is 1.80. The number of halogens is 2. The Bertz CT molecular complexity index is 569. The molecule has 0 unspecified atom stereocenters. The van der Waals surface area contributed by atoms with Gasteiger partial charge in [0.05, 0.1) is 31.8 Å². The van der Waals surface area contributed by atoms with Crippen molar-refractivity contribution in [3.05, 3.63) is 12.1 Å². The second-order valence-corrected chi connectivity index (χ2v) is 3.67. The predicted molar refractivity (Wildman–Crippen MR) is 63.3 cm³/mol. The van der Waals surface area contributed by atoms with E-state index in [2.05, 4.69) is 4.98 Å². The fourth-order valence-electron chi connectivity index (χ4n) is 1.80. The summed E-state index contributed by atoms with van der Waals surface area (Å²) in [4.78, 5) is 4.02. The number of benzene rings is 1. The van der Waals surface area contributed by atoms with E-state index in [9.17, 15) is 8.78 Å². The average Bonchev–Trinajstić information content (AvgIpc) is 2.63. The number of imidazole rings is 1. The standard InChI is InChI=1S/C11H13F2N3O2/c1-17-8-3-6-7(4-9(8)18-2)16(5-10(12)13)11(14)15-6/h3-4,10H,5H2,1-2H3,(H2,14,15). The highest BCUT2D eigenvalue weighted by Gasteiger charge is 2.16. The Morgan fingerprint density at radius 2 is 1.89 bits per heavy atom. The Morgan fingerprint density at radius 1 is 1.28 bits per heavy atom. The van der Waals surface area contributed by atoms with Gasteiger partial charge in [0.15, 0.2) is 11.5 Å². The molecule has 7 heteroatoms. The first kappa shape index (κ1) is 12.4. The van der Waals surface area contributed by atoms with Gasteiger partial charge in [0.1, 0.15) is 0 Å². The first-order chi connectivity index (χ1) is 8.56. The van der Waals surface area contributed by atoms with Gasteiger partial charge in [-0.2, -0.15) is 0 Å². The van der Waals surface area contributed by atoms with Crippen LogP contribution >= 0.6 is 0 Å². The summed E-state index contributed by atoms with van der Waals surface area (Å²) in [6.45, 7) is -0.502. The Balaban J connectivity index is 2.62. The van der Waals surface area contributed by atoms with Gasteiger partial charge in [-0.1, -0.05) is 0 Å². The molecule has 2 rings (SSSR count). The number of anilines is 1. The predicted octanol–water partition coefficient (Wildman–Crippen LogP) is 1.90. The molecule has 98 valence electrons. The number of aromatic nitrogens is 2. The summed E-state index contributed by atoms with van der Waals surface area (Å²) in [6.07, 6.45) is -2.50. The van der Waals surface area contributed by atoms with Gasteiger partial charge in [-0.05, 0) is 0 Å². The fraction of sp³-hybridized carbons (Fsp3) is 0.364. The van der Waals surface area contributed by atoms with Crippen LogP contribution in [0.4, 0.5) is 14.7 Å². The summed E-state index contributed by atoms with van der Waals surface area (Å²) in [7, 11) is 2.96. The van der Waals surface area contributed by atoms with Gasteiger partial charge < -0.3 is 19.8 Å². The van der Waals surface area contributed by atoms with Crippen molar-refractivity contribution in [3.8, 4) is 11.5 Å². The van der Waals surface area contributed by atoms with Crippen LogP contribution in [0.5, 0.6) is 11.5 Å². The smallest absolute Gasteiger partial charge is 0.256 e. The zero-order valence-electron chi connectivity index (χ0n) is 9.98. The Hall–Kier alpha value is -2.05. The van der Waals surface area contributed by atoms with Crippen molar-refractivity contribution in [2.45, 2.75) is 13.0 Å². The van der Waals surface area contributed by atoms with Crippen LogP contribution in [0, 0.1) is 0 Å². The third-order valence-electron chi connectivity index (χ3n) is 2.60. The highest BCUT2D eigenvalue weighted by molar-refractivity contribution is 5.82. The molecule has 0 aliphatic heterocycles. The molecule has 0 aliphatic rings. The number of hydrogen-bond donors (Lipinski definition) is 1. The van der Waals surface area contributed by atoms with E-state index in [0.29, 0.717) is 22.5 Å². The molecule has 0 radical (unpaired) electrons. The number of nitrogens with zero attached hydrogens (tertiary/aromatic N) is 2. The minimum atomic E-state index is -2.50. The van der Waals surface area contributed by atoms with Crippen molar-refractivity contribution < 1.29 is 18.3 Å².